The first-order valence-corrected chi connectivity index (χ1v) is 11.4. The second-order valence-corrected chi connectivity index (χ2v) is 9.62. The summed E-state index contributed by atoms with van der Waals surface area (Å²) in [6.07, 6.45) is 0. The van der Waals surface area contributed by atoms with E-state index in [9.17, 15) is 21.2 Å². The van der Waals surface area contributed by atoms with Crippen LogP contribution in [0.2, 0.25) is 0 Å². The zero-order valence-corrected chi connectivity index (χ0v) is 17.8. The zero-order valence-electron chi connectivity index (χ0n) is 16.1. The summed E-state index contributed by atoms with van der Waals surface area (Å²) in [4.78, 5) is -0.426. The highest BCUT2D eigenvalue weighted by atomic mass is 32.2. The van der Waals surface area contributed by atoms with Gasteiger partial charge in [-0.25, -0.2) is 25.9 Å². The van der Waals surface area contributed by atoms with Gasteiger partial charge in [-0.05, 0) is 56.3 Å². The number of halogens is 1. The molecule has 1 aromatic heterocycles. The van der Waals surface area contributed by atoms with Gasteiger partial charge in [0.15, 0.2) is 11.6 Å². The van der Waals surface area contributed by atoms with Crippen molar-refractivity contribution in [1.29, 1.82) is 0 Å². The van der Waals surface area contributed by atoms with Crippen LogP contribution in [-0.4, -0.2) is 29.1 Å². The Morgan fingerprint density at radius 3 is 2.07 bits per heavy atom. The predicted molar refractivity (Wildman–Crippen MR) is 107 cm³/mol. The number of sulfonamides is 2. The topological polar surface area (TPSA) is 128 Å². The van der Waals surface area contributed by atoms with E-state index < -0.39 is 25.9 Å². The van der Waals surface area contributed by atoms with Gasteiger partial charge < -0.3 is 9.26 Å². The molecule has 0 radical (unpaired) electrons. The van der Waals surface area contributed by atoms with Gasteiger partial charge >= 0.3 is 0 Å². The number of aromatic nitrogens is 1. The number of nitrogens with zero attached hydrogens (tertiary/aromatic N) is 1. The van der Waals surface area contributed by atoms with Crippen molar-refractivity contribution in [3.05, 3.63) is 59.5 Å². The van der Waals surface area contributed by atoms with Gasteiger partial charge in [0.05, 0.1) is 22.6 Å². The molecule has 9 nitrogen and oxygen atoms in total. The number of benzene rings is 2. The smallest absolute Gasteiger partial charge is 0.264 e. The lowest BCUT2D eigenvalue weighted by atomic mass is 10.3. The average molecular weight is 455 g/mol. The van der Waals surface area contributed by atoms with E-state index in [0.717, 1.165) is 6.07 Å². The van der Waals surface area contributed by atoms with Crippen LogP contribution in [0.4, 0.5) is 16.0 Å². The molecule has 30 heavy (non-hydrogen) atoms. The second-order valence-electron chi connectivity index (χ2n) is 6.25. The molecule has 160 valence electrons. The largest absolute Gasteiger partial charge is 0.494 e. The van der Waals surface area contributed by atoms with Crippen molar-refractivity contribution in [3.63, 3.8) is 0 Å². The molecule has 0 aliphatic carbocycles. The van der Waals surface area contributed by atoms with Crippen molar-refractivity contribution in [2.45, 2.75) is 23.6 Å². The molecule has 3 aromatic rings. The predicted octanol–water partition coefficient (Wildman–Crippen LogP) is 3.04. The van der Waals surface area contributed by atoms with Crippen molar-refractivity contribution >= 4 is 31.6 Å². The summed E-state index contributed by atoms with van der Waals surface area (Å²) in [5, 5.41) is 3.68. The Morgan fingerprint density at radius 2 is 1.53 bits per heavy atom. The van der Waals surface area contributed by atoms with Crippen molar-refractivity contribution in [1.82, 2.24) is 5.16 Å². The fourth-order valence-electron chi connectivity index (χ4n) is 2.42. The van der Waals surface area contributed by atoms with E-state index in [0.29, 0.717) is 11.3 Å². The molecular formula is C18H18FN3O6S2. The maximum atomic E-state index is 13.8. The van der Waals surface area contributed by atoms with Crippen molar-refractivity contribution in [2.24, 2.45) is 0 Å². The summed E-state index contributed by atoms with van der Waals surface area (Å²) in [6, 6.07) is 8.18. The highest BCUT2D eigenvalue weighted by Crippen LogP contribution is 2.25. The second kappa shape index (κ2) is 7.95. The number of aryl methyl sites for hydroxylation is 1. The van der Waals surface area contributed by atoms with E-state index in [1.165, 1.54) is 43.5 Å². The van der Waals surface area contributed by atoms with Gasteiger partial charge in [0.2, 0.25) is 5.88 Å². The van der Waals surface area contributed by atoms with Gasteiger partial charge in [0.1, 0.15) is 0 Å². The number of methoxy groups -OCH3 is 1. The summed E-state index contributed by atoms with van der Waals surface area (Å²) in [5.41, 5.74) is 1.19. The Morgan fingerprint density at radius 1 is 0.933 bits per heavy atom. The normalized spacial score (nSPS) is 11.9. The minimum atomic E-state index is -4.09. The molecule has 0 fully saturated rings. The Kier molecular flexibility index (Phi) is 5.72. The third-order valence-electron chi connectivity index (χ3n) is 4.23. The molecule has 2 aromatic carbocycles. The summed E-state index contributed by atoms with van der Waals surface area (Å²) in [7, 11) is -6.80. The highest BCUT2D eigenvalue weighted by molar-refractivity contribution is 7.93. The Hall–Kier alpha value is -3.12. The average Bonchev–Trinajstić information content (AvgIpc) is 2.99. The van der Waals surface area contributed by atoms with Gasteiger partial charge in [-0.2, -0.15) is 0 Å². The molecule has 0 aliphatic heterocycles. The van der Waals surface area contributed by atoms with Crippen LogP contribution in [0.15, 0.2) is 56.8 Å². The van der Waals surface area contributed by atoms with Gasteiger partial charge in [-0.3, -0.25) is 4.72 Å². The molecule has 0 bridgehead atoms. The molecular weight excluding hydrogens is 437 g/mol. The number of anilines is 2. The van der Waals surface area contributed by atoms with Gasteiger partial charge in [-0.1, -0.05) is 5.16 Å². The number of hydrogen-bond acceptors (Lipinski definition) is 7. The van der Waals surface area contributed by atoms with Crippen molar-refractivity contribution in [3.8, 4) is 5.75 Å². The minimum Gasteiger partial charge on any atom is -0.494 e. The van der Waals surface area contributed by atoms with Crippen molar-refractivity contribution < 1.29 is 30.5 Å². The number of hydrogen-bond donors (Lipinski definition) is 2. The van der Waals surface area contributed by atoms with Gasteiger partial charge in [0.25, 0.3) is 20.0 Å². The fourth-order valence-corrected chi connectivity index (χ4v) is 4.54. The van der Waals surface area contributed by atoms with Crippen LogP contribution in [0.1, 0.15) is 11.3 Å². The van der Waals surface area contributed by atoms with E-state index in [2.05, 4.69) is 14.6 Å². The molecule has 1 heterocycles. The van der Waals surface area contributed by atoms with Crippen LogP contribution >= 0.6 is 0 Å². The summed E-state index contributed by atoms with van der Waals surface area (Å²) >= 11 is 0. The van der Waals surface area contributed by atoms with Crippen LogP contribution in [0, 0.1) is 19.7 Å². The van der Waals surface area contributed by atoms with E-state index >= 15 is 0 Å². The van der Waals surface area contributed by atoms with Crippen LogP contribution in [0.25, 0.3) is 0 Å². The molecule has 0 unspecified atom stereocenters. The highest BCUT2D eigenvalue weighted by Gasteiger charge is 2.20. The standard InChI is InChI=1S/C18H18FN3O6S2/c1-11-12(2)20-28-18(11)22-29(23,24)14-6-4-13(5-7-14)21-30(25,26)15-8-9-17(27-3)16(19)10-15/h4-10,21-22H,1-3H3. The molecule has 3 rings (SSSR count). The van der Waals surface area contributed by atoms with Crippen LogP contribution < -0.4 is 14.2 Å². The Bertz CT molecular complexity index is 1290. The van der Waals surface area contributed by atoms with Gasteiger partial charge in [-0.15, -0.1) is 0 Å². The fraction of sp³-hybridized carbons (Fsp3) is 0.167. The maximum Gasteiger partial charge on any atom is 0.264 e. The van der Waals surface area contributed by atoms with Gasteiger partial charge in [0, 0.05) is 11.3 Å². The number of ether oxygens (including phenoxy) is 1. The molecule has 0 saturated carbocycles. The first-order valence-electron chi connectivity index (χ1n) is 8.45. The number of nitrogens with one attached hydrogen (secondary N) is 2. The zero-order chi connectivity index (χ0) is 22.1. The molecule has 0 atom stereocenters. The molecule has 0 aliphatic rings. The lowest BCUT2D eigenvalue weighted by Crippen LogP contribution is -2.15. The summed E-state index contributed by atoms with van der Waals surface area (Å²) in [5.74, 6) is -0.919. The minimum absolute atomic E-state index is 0.00110. The van der Waals surface area contributed by atoms with Crippen molar-refractivity contribution in [2.75, 3.05) is 16.6 Å². The monoisotopic (exact) mass is 455 g/mol. The van der Waals surface area contributed by atoms with E-state index in [4.69, 9.17) is 9.26 Å². The molecule has 12 heteroatoms. The first-order chi connectivity index (χ1) is 14.0. The van der Waals surface area contributed by atoms with Crippen LogP contribution in [0.3, 0.4) is 0 Å². The third kappa shape index (κ3) is 4.39. The SMILES string of the molecule is COc1ccc(S(=O)(=O)Nc2ccc(S(=O)(=O)Nc3onc(C)c3C)cc2)cc1F. The number of rotatable bonds is 7. The summed E-state index contributed by atoms with van der Waals surface area (Å²) in [6.45, 7) is 3.33. The molecule has 0 amide bonds. The lowest BCUT2D eigenvalue weighted by molar-refractivity contribution is 0.385. The lowest BCUT2D eigenvalue weighted by Gasteiger charge is -2.10. The molecule has 2 N–H and O–H groups in total. The first kappa shape index (κ1) is 21.6. The molecule has 0 spiro atoms. The van der Waals surface area contributed by atoms with E-state index in [-0.39, 0.29) is 27.1 Å². The maximum absolute atomic E-state index is 13.8. The summed E-state index contributed by atoms with van der Waals surface area (Å²) < 4.78 is 77.9. The van der Waals surface area contributed by atoms with Crippen LogP contribution in [-0.2, 0) is 20.0 Å². The van der Waals surface area contributed by atoms with Crippen LogP contribution in [0.5, 0.6) is 5.75 Å². The molecule has 0 saturated heterocycles. The van der Waals surface area contributed by atoms with E-state index in [1.807, 2.05) is 0 Å². The Labute approximate surface area is 173 Å². The Balaban J connectivity index is 1.80. The van der Waals surface area contributed by atoms with E-state index in [1.54, 1.807) is 13.8 Å². The quantitative estimate of drug-likeness (QED) is 0.560. The third-order valence-corrected chi connectivity index (χ3v) is 6.96.